The lowest BCUT2D eigenvalue weighted by Crippen LogP contribution is -2.36. The van der Waals surface area contributed by atoms with Crippen LogP contribution in [0.4, 0.5) is 11.8 Å². The standard InChI is InChI=1S/C15H26N4/c1-4-9-16-14-17-10-12(3)13(19-14)18-11-15(5-2)7-6-8-15/h10H,4-9,11H2,1-3H3,(H2,16,17,18,19). The summed E-state index contributed by atoms with van der Waals surface area (Å²) in [6, 6.07) is 0. The van der Waals surface area contributed by atoms with Crippen LogP contribution in [0.2, 0.25) is 0 Å². The number of aromatic nitrogens is 2. The Bertz CT molecular complexity index is 407. The van der Waals surface area contributed by atoms with Gasteiger partial charge in [-0.3, -0.25) is 0 Å². The van der Waals surface area contributed by atoms with Crippen molar-refractivity contribution in [3.05, 3.63) is 11.8 Å². The Hall–Kier alpha value is -1.32. The van der Waals surface area contributed by atoms with Crippen LogP contribution >= 0.6 is 0 Å². The van der Waals surface area contributed by atoms with Crippen LogP contribution in [0, 0.1) is 12.3 Å². The molecule has 0 saturated heterocycles. The summed E-state index contributed by atoms with van der Waals surface area (Å²) in [6.45, 7) is 8.45. The van der Waals surface area contributed by atoms with Gasteiger partial charge in [0.05, 0.1) is 0 Å². The Labute approximate surface area is 116 Å². The van der Waals surface area contributed by atoms with Gasteiger partial charge in [0.1, 0.15) is 5.82 Å². The molecule has 4 heteroatoms. The lowest BCUT2D eigenvalue weighted by atomic mass is 9.67. The summed E-state index contributed by atoms with van der Waals surface area (Å²) in [7, 11) is 0. The zero-order valence-electron chi connectivity index (χ0n) is 12.4. The molecule has 1 fully saturated rings. The van der Waals surface area contributed by atoms with Crippen molar-refractivity contribution in [3.63, 3.8) is 0 Å². The summed E-state index contributed by atoms with van der Waals surface area (Å²) < 4.78 is 0. The zero-order chi connectivity index (χ0) is 13.7. The SMILES string of the molecule is CCCNc1ncc(C)c(NCC2(CC)CCC2)n1. The maximum Gasteiger partial charge on any atom is 0.224 e. The average molecular weight is 262 g/mol. The zero-order valence-corrected chi connectivity index (χ0v) is 12.4. The Morgan fingerprint density at radius 2 is 2.05 bits per heavy atom. The topological polar surface area (TPSA) is 49.8 Å². The van der Waals surface area contributed by atoms with Gasteiger partial charge in [-0.05, 0) is 38.0 Å². The normalized spacial score (nSPS) is 16.8. The van der Waals surface area contributed by atoms with Crippen molar-refractivity contribution in [1.82, 2.24) is 9.97 Å². The summed E-state index contributed by atoms with van der Waals surface area (Å²) in [5.41, 5.74) is 1.63. The fraction of sp³-hybridized carbons (Fsp3) is 0.733. The first-order valence-corrected chi connectivity index (χ1v) is 7.50. The Kier molecular flexibility index (Phi) is 4.61. The highest BCUT2D eigenvalue weighted by atomic mass is 15.1. The van der Waals surface area contributed by atoms with Gasteiger partial charge in [0.2, 0.25) is 5.95 Å². The first-order chi connectivity index (χ1) is 9.19. The van der Waals surface area contributed by atoms with Crippen molar-refractivity contribution in [2.24, 2.45) is 5.41 Å². The van der Waals surface area contributed by atoms with E-state index in [4.69, 9.17) is 0 Å². The second-order valence-electron chi connectivity index (χ2n) is 5.71. The molecular weight excluding hydrogens is 236 g/mol. The maximum atomic E-state index is 4.57. The number of anilines is 2. The predicted octanol–water partition coefficient (Wildman–Crippen LogP) is 3.60. The van der Waals surface area contributed by atoms with Gasteiger partial charge in [-0.25, -0.2) is 4.98 Å². The van der Waals surface area contributed by atoms with E-state index >= 15 is 0 Å². The average Bonchev–Trinajstić information content (AvgIpc) is 2.38. The molecule has 2 rings (SSSR count). The van der Waals surface area contributed by atoms with E-state index in [-0.39, 0.29) is 0 Å². The minimum atomic E-state index is 0.508. The van der Waals surface area contributed by atoms with Gasteiger partial charge >= 0.3 is 0 Å². The lowest BCUT2D eigenvalue weighted by molar-refractivity contribution is 0.145. The lowest BCUT2D eigenvalue weighted by Gasteiger charge is -2.41. The second-order valence-corrected chi connectivity index (χ2v) is 5.71. The number of nitrogens with zero attached hydrogens (tertiary/aromatic N) is 2. The van der Waals surface area contributed by atoms with Crippen molar-refractivity contribution in [2.45, 2.75) is 52.9 Å². The molecule has 1 heterocycles. The van der Waals surface area contributed by atoms with Crippen molar-refractivity contribution in [1.29, 1.82) is 0 Å². The molecule has 2 N–H and O–H groups in total. The third-order valence-corrected chi connectivity index (χ3v) is 4.30. The van der Waals surface area contributed by atoms with Gasteiger partial charge < -0.3 is 10.6 Å². The molecule has 0 bridgehead atoms. The molecule has 1 aromatic heterocycles. The highest BCUT2D eigenvalue weighted by Gasteiger charge is 2.34. The first-order valence-electron chi connectivity index (χ1n) is 7.50. The minimum absolute atomic E-state index is 0.508. The van der Waals surface area contributed by atoms with Crippen LogP contribution in [-0.2, 0) is 0 Å². The van der Waals surface area contributed by atoms with E-state index in [2.05, 4.69) is 41.4 Å². The third-order valence-electron chi connectivity index (χ3n) is 4.30. The van der Waals surface area contributed by atoms with Gasteiger partial charge in [-0.1, -0.05) is 20.3 Å². The number of nitrogens with one attached hydrogen (secondary N) is 2. The van der Waals surface area contributed by atoms with Gasteiger partial charge in [0.15, 0.2) is 0 Å². The van der Waals surface area contributed by atoms with Crippen LogP contribution < -0.4 is 10.6 Å². The van der Waals surface area contributed by atoms with Gasteiger partial charge in [0, 0.05) is 24.8 Å². The summed E-state index contributed by atoms with van der Waals surface area (Å²) in [6.07, 6.45) is 8.31. The monoisotopic (exact) mass is 262 g/mol. The molecule has 0 aliphatic heterocycles. The summed E-state index contributed by atoms with van der Waals surface area (Å²) >= 11 is 0. The van der Waals surface area contributed by atoms with E-state index in [0.29, 0.717) is 5.41 Å². The Balaban J connectivity index is 1.98. The van der Waals surface area contributed by atoms with Crippen molar-refractivity contribution in [2.75, 3.05) is 23.7 Å². The van der Waals surface area contributed by atoms with Crippen LogP contribution in [0.1, 0.15) is 51.5 Å². The van der Waals surface area contributed by atoms with Crippen LogP contribution in [-0.4, -0.2) is 23.1 Å². The van der Waals surface area contributed by atoms with Crippen molar-refractivity contribution >= 4 is 11.8 Å². The van der Waals surface area contributed by atoms with E-state index < -0.39 is 0 Å². The molecule has 0 spiro atoms. The van der Waals surface area contributed by atoms with Crippen molar-refractivity contribution < 1.29 is 0 Å². The molecule has 0 radical (unpaired) electrons. The molecule has 1 aliphatic carbocycles. The third kappa shape index (κ3) is 3.37. The van der Waals surface area contributed by atoms with E-state index in [1.807, 2.05) is 6.20 Å². The van der Waals surface area contributed by atoms with E-state index in [1.54, 1.807) is 0 Å². The number of rotatable bonds is 7. The Morgan fingerprint density at radius 3 is 2.63 bits per heavy atom. The first kappa shape index (κ1) is 14.1. The van der Waals surface area contributed by atoms with E-state index in [1.165, 1.54) is 25.7 Å². The van der Waals surface area contributed by atoms with Gasteiger partial charge in [-0.15, -0.1) is 0 Å². The molecule has 106 valence electrons. The molecule has 0 aromatic carbocycles. The van der Waals surface area contributed by atoms with E-state index in [0.717, 1.165) is 36.8 Å². The molecule has 1 saturated carbocycles. The van der Waals surface area contributed by atoms with Gasteiger partial charge in [0.25, 0.3) is 0 Å². The Morgan fingerprint density at radius 1 is 1.26 bits per heavy atom. The highest BCUT2D eigenvalue weighted by molar-refractivity contribution is 5.46. The van der Waals surface area contributed by atoms with Crippen LogP contribution in [0.25, 0.3) is 0 Å². The molecule has 19 heavy (non-hydrogen) atoms. The maximum absolute atomic E-state index is 4.57. The predicted molar refractivity (Wildman–Crippen MR) is 80.6 cm³/mol. The molecule has 1 aromatic rings. The molecule has 0 unspecified atom stereocenters. The molecule has 4 nitrogen and oxygen atoms in total. The fourth-order valence-electron chi connectivity index (χ4n) is 2.55. The van der Waals surface area contributed by atoms with Crippen LogP contribution in [0.5, 0.6) is 0 Å². The number of aryl methyl sites for hydroxylation is 1. The summed E-state index contributed by atoms with van der Waals surface area (Å²) in [5.74, 6) is 1.71. The van der Waals surface area contributed by atoms with Crippen LogP contribution in [0.15, 0.2) is 6.20 Å². The summed E-state index contributed by atoms with van der Waals surface area (Å²) in [4.78, 5) is 8.89. The van der Waals surface area contributed by atoms with Crippen LogP contribution in [0.3, 0.4) is 0 Å². The van der Waals surface area contributed by atoms with Crippen molar-refractivity contribution in [3.8, 4) is 0 Å². The summed E-state index contributed by atoms with van der Waals surface area (Å²) in [5, 5.41) is 6.77. The number of hydrogen-bond donors (Lipinski definition) is 2. The largest absolute Gasteiger partial charge is 0.369 e. The molecule has 0 amide bonds. The second kappa shape index (κ2) is 6.22. The fourth-order valence-corrected chi connectivity index (χ4v) is 2.55. The molecular formula is C15H26N4. The number of hydrogen-bond acceptors (Lipinski definition) is 4. The quantitative estimate of drug-likeness (QED) is 0.788. The smallest absolute Gasteiger partial charge is 0.224 e. The molecule has 1 aliphatic rings. The highest BCUT2D eigenvalue weighted by Crippen LogP contribution is 2.43. The van der Waals surface area contributed by atoms with Gasteiger partial charge in [-0.2, -0.15) is 4.98 Å². The minimum Gasteiger partial charge on any atom is -0.369 e. The molecule has 0 atom stereocenters. The van der Waals surface area contributed by atoms with E-state index in [9.17, 15) is 0 Å².